The molecule has 0 aliphatic heterocycles. The zero-order valence-corrected chi connectivity index (χ0v) is 27.9. The third-order valence-electron chi connectivity index (χ3n) is 10.6. The number of hydrogen-bond donors (Lipinski definition) is 0. The molecule has 0 saturated heterocycles. The highest BCUT2D eigenvalue weighted by Crippen LogP contribution is 2.53. The van der Waals surface area contributed by atoms with Crippen LogP contribution in [-0.4, -0.2) is 14.5 Å². The van der Waals surface area contributed by atoms with Gasteiger partial charge in [-0.05, 0) is 75.2 Å². The fraction of sp³-hybridized carbons (Fsp3) is 0.0638. The van der Waals surface area contributed by atoms with E-state index in [4.69, 9.17) is 9.97 Å². The second kappa shape index (κ2) is 10.8. The molecule has 7 aromatic carbocycles. The van der Waals surface area contributed by atoms with E-state index in [1.54, 1.807) is 0 Å². The van der Waals surface area contributed by atoms with Crippen LogP contribution in [0, 0.1) is 0 Å². The maximum absolute atomic E-state index is 5.33. The molecule has 0 saturated carbocycles. The van der Waals surface area contributed by atoms with Gasteiger partial charge in [0.2, 0.25) is 0 Å². The first-order valence-corrected chi connectivity index (χ1v) is 17.3. The lowest BCUT2D eigenvalue weighted by molar-refractivity contribution is 0.666. The molecule has 2 aromatic heterocycles. The van der Waals surface area contributed by atoms with Crippen LogP contribution in [0.15, 0.2) is 164 Å². The van der Waals surface area contributed by atoms with Crippen LogP contribution in [0.5, 0.6) is 0 Å². The molecule has 0 spiro atoms. The monoisotopic (exact) mass is 639 g/mol. The highest BCUT2D eigenvalue weighted by Gasteiger charge is 2.37. The van der Waals surface area contributed by atoms with Gasteiger partial charge in [0.1, 0.15) is 5.82 Å². The first-order chi connectivity index (χ1) is 24.6. The van der Waals surface area contributed by atoms with E-state index in [1.165, 1.54) is 38.4 Å². The molecule has 3 heteroatoms. The van der Waals surface area contributed by atoms with Crippen LogP contribution in [0.1, 0.15) is 25.0 Å². The van der Waals surface area contributed by atoms with E-state index in [-0.39, 0.29) is 5.41 Å². The highest BCUT2D eigenvalue weighted by atomic mass is 15.1. The second-order valence-electron chi connectivity index (χ2n) is 13.8. The maximum atomic E-state index is 5.33. The first-order valence-electron chi connectivity index (χ1n) is 17.3. The van der Waals surface area contributed by atoms with Gasteiger partial charge >= 0.3 is 0 Å². The molecule has 0 N–H and O–H groups in total. The van der Waals surface area contributed by atoms with Crippen molar-refractivity contribution in [3.63, 3.8) is 0 Å². The van der Waals surface area contributed by atoms with Gasteiger partial charge in [0, 0.05) is 33.0 Å². The first kappa shape index (κ1) is 28.7. The summed E-state index contributed by atoms with van der Waals surface area (Å²) >= 11 is 0. The summed E-state index contributed by atoms with van der Waals surface area (Å²) in [6, 6.07) is 58.5. The summed E-state index contributed by atoms with van der Waals surface area (Å²) in [4.78, 5) is 10.4. The largest absolute Gasteiger partial charge is 0.292 e. The van der Waals surface area contributed by atoms with Crippen molar-refractivity contribution in [2.24, 2.45) is 0 Å². The van der Waals surface area contributed by atoms with Crippen molar-refractivity contribution in [1.82, 2.24) is 14.5 Å². The van der Waals surface area contributed by atoms with Crippen molar-refractivity contribution in [3.05, 3.63) is 175 Å². The average molecular weight is 640 g/mol. The third-order valence-corrected chi connectivity index (χ3v) is 10.6. The molecule has 10 rings (SSSR count). The third kappa shape index (κ3) is 4.23. The van der Waals surface area contributed by atoms with Crippen LogP contribution in [0.3, 0.4) is 0 Å². The van der Waals surface area contributed by atoms with E-state index in [1.807, 2.05) is 12.1 Å². The molecular weight excluding hydrogens is 607 g/mol. The topological polar surface area (TPSA) is 30.7 Å². The molecule has 0 fully saturated rings. The van der Waals surface area contributed by atoms with E-state index in [0.29, 0.717) is 0 Å². The number of imidazole rings is 1. The molecule has 3 nitrogen and oxygen atoms in total. The van der Waals surface area contributed by atoms with Crippen LogP contribution in [0.25, 0.3) is 83.3 Å². The molecular formula is C47H33N3. The standard InChI is InChI=1S/C47H33N3/c1-47(2)39-19-8-6-17-35(39)36-27-28-38-43(44(36)47)37-18-7-9-20-40(37)48-45(38)33-14-12-13-32(29-33)30-23-25-31(26-24-30)46-49-41-21-10-11-22-42(41)50(46)34-15-4-3-5-16-34/h3-29H,1-2H3. The van der Waals surface area contributed by atoms with Gasteiger partial charge in [0.05, 0.1) is 22.2 Å². The summed E-state index contributed by atoms with van der Waals surface area (Å²) in [5.74, 6) is 0.933. The summed E-state index contributed by atoms with van der Waals surface area (Å²) in [6.45, 7) is 4.73. The molecule has 50 heavy (non-hydrogen) atoms. The van der Waals surface area contributed by atoms with Gasteiger partial charge in [-0.2, -0.15) is 0 Å². The smallest absolute Gasteiger partial charge is 0.145 e. The van der Waals surface area contributed by atoms with Gasteiger partial charge in [-0.3, -0.25) is 4.57 Å². The summed E-state index contributed by atoms with van der Waals surface area (Å²) in [5.41, 5.74) is 15.0. The number of fused-ring (bicyclic) bond motifs is 8. The summed E-state index contributed by atoms with van der Waals surface area (Å²) in [5, 5.41) is 3.70. The fourth-order valence-corrected chi connectivity index (χ4v) is 8.25. The second-order valence-corrected chi connectivity index (χ2v) is 13.8. The number of benzene rings is 7. The van der Waals surface area contributed by atoms with Crippen LogP contribution >= 0.6 is 0 Å². The van der Waals surface area contributed by atoms with E-state index < -0.39 is 0 Å². The van der Waals surface area contributed by atoms with E-state index in [0.717, 1.165) is 56.0 Å². The zero-order chi connectivity index (χ0) is 33.4. The lowest BCUT2D eigenvalue weighted by Crippen LogP contribution is -2.15. The van der Waals surface area contributed by atoms with Crippen molar-refractivity contribution in [2.75, 3.05) is 0 Å². The Morgan fingerprint density at radius 3 is 2.04 bits per heavy atom. The molecule has 0 bridgehead atoms. The Kier molecular flexibility index (Phi) is 6.22. The van der Waals surface area contributed by atoms with Crippen LogP contribution in [0.2, 0.25) is 0 Å². The molecule has 0 radical (unpaired) electrons. The van der Waals surface area contributed by atoms with Gasteiger partial charge in [0.25, 0.3) is 0 Å². The molecule has 9 aromatic rings. The van der Waals surface area contributed by atoms with Crippen LogP contribution < -0.4 is 0 Å². The van der Waals surface area contributed by atoms with Gasteiger partial charge in [-0.1, -0.05) is 141 Å². The highest BCUT2D eigenvalue weighted by molar-refractivity contribution is 6.15. The predicted molar refractivity (Wildman–Crippen MR) is 208 cm³/mol. The van der Waals surface area contributed by atoms with E-state index in [9.17, 15) is 0 Å². The summed E-state index contributed by atoms with van der Waals surface area (Å²) < 4.78 is 2.25. The average Bonchev–Trinajstić information content (AvgIpc) is 3.68. The van der Waals surface area contributed by atoms with Crippen molar-refractivity contribution >= 4 is 32.7 Å². The lowest BCUT2D eigenvalue weighted by Gasteiger charge is -2.24. The van der Waals surface area contributed by atoms with Gasteiger partial charge in [-0.25, -0.2) is 9.97 Å². The lowest BCUT2D eigenvalue weighted by atomic mass is 9.79. The van der Waals surface area contributed by atoms with Crippen molar-refractivity contribution in [1.29, 1.82) is 0 Å². The number of aromatic nitrogens is 3. The minimum absolute atomic E-state index is 0.127. The Morgan fingerprint density at radius 1 is 0.480 bits per heavy atom. The van der Waals surface area contributed by atoms with Gasteiger partial charge in [-0.15, -0.1) is 0 Å². The summed E-state index contributed by atoms with van der Waals surface area (Å²) in [7, 11) is 0. The van der Waals surface area contributed by atoms with Crippen molar-refractivity contribution in [3.8, 4) is 50.6 Å². The Hall–Kier alpha value is -6.32. The number of hydrogen-bond acceptors (Lipinski definition) is 2. The SMILES string of the molecule is CC1(C)c2ccccc2-c2ccc3c(-c4cccc(-c5ccc(-c6nc7ccccc7n6-c6ccccc6)cc5)c4)nc4ccccc4c3c21. The number of para-hydroxylation sites is 4. The Labute approximate surface area is 291 Å². The Morgan fingerprint density at radius 2 is 1.18 bits per heavy atom. The molecule has 0 atom stereocenters. The van der Waals surface area contributed by atoms with Gasteiger partial charge in [0.15, 0.2) is 0 Å². The normalized spacial score (nSPS) is 13.2. The van der Waals surface area contributed by atoms with Crippen LogP contribution in [-0.2, 0) is 5.41 Å². The van der Waals surface area contributed by atoms with E-state index >= 15 is 0 Å². The van der Waals surface area contributed by atoms with Gasteiger partial charge < -0.3 is 0 Å². The molecule has 0 amide bonds. The quantitative estimate of drug-likeness (QED) is 0.179. The number of rotatable bonds is 4. The number of nitrogens with zero attached hydrogens (tertiary/aromatic N) is 3. The fourth-order valence-electron chi connectivity index (χ4n) is 8.25. The molecule has 2 heterocycles. The minimum atomic E-state index is -0.127. The maximum Gasteiger partial charge on any atom is 0.145 e. The minimum Gasteiger partial charge on any atom is -0.292 e. The molecule has 1 aliphatic carbocycles. The Bertz CT molecular complexity index is 2770. The number of pyridine rings is 1. The van der Waals surface area contributed by atoms with Crippen molar-refractivity contribution in [2.45, 2.75) is 19.3 Å². The summed E-state index contributed by atoms with van der Waals surface area (Å²) in [6.07, 6.45) is 0. The molecule has 0 unspecified atom stereocenters. The zero-order valence-electron chi connectivity index (χ0n) is 27.9. The van der Waals surface area contributed by atoms with E-state index in [2.05, 4.69) is 170 Å². The molecule has 1 aliphatic rings. The predicted octanol–water partition coefficient (Wildman–Crippen LogP) is 12.0. The van der Waals surface area contributed by atoms with Crippen molar-refractivity contribution < 1.29 is 0 Å². The van der Waals surface area contributed by atoms with Crippen LogP contribution in [0.4, 0.5) is 0 Å². The molecule has 236 valence electrons. The Balaban J connectivity index is 1.10.